The minimum atomic E-state index is -0.495. The molecule has 0 bridgehead atoms. The molecule has 2 amide bonds. The van der Waals surface area contributed by atoms with Crippen molar-refractivity contribution in [2.24, 2.45) is 0 Å². The Balaban J connectivity index is 1.61. The number of hydrogen-bond donors (Lipinski definition) is 0. The molecular weight excluding hydrogens is 450 g/mol. The highest BCUT2D eigenvalue weighted by Crippen LogP contribution is 2.41. The van der Waals surface area contributed by atoms with Crippen LogP contribution in [0.3, 0.4) is 0 Å². The van der Waals surface area contributed by atoms with Crippen LogP contribution in [0.4, 0.5) is 16.2 Å². The topological polar surface area (TPSA) is 83.8 Å². The Hall–Kier alpha value is -3.39. The number of allylic oxidation sites excluding steroid dienone is 1. The third kappa shape index (κ3) is 4.37. The third-order valence-electron chi connectivity index (χ3n) is 6.05. The molecular formula is C26H27N3O4S. The molecule has 2 aliphatic rings. The molecule has 0 N–H and O–H groups in total. The number of rotatable bonds is 5. The summed E-state index contributed by atoms with van der Waals surface area (Å²) in [5, 5.41) is 10.6. The SMILES string of the molecule is CC1=CC(C)(C)N(C(C)C)c2ccc(/C=C3\SC(=O)N(Cc4cccc([N+](=O)[O-])c4)C3=O)cc21. The molecule has 0 aliphatic carbocycles. The summed E-state index contributed by atoms with van der Waals surface area (Å²) < 4.78 is 0. The van der Waals surface area contributed by atoms with Gasteiger partial charge in [-0.1, -0.05) is 24.3 Å². The Morgan fingerprint density at radius 1 is 1.15 bits per heavy atom. The smallest absolute Gasteiger partial charge is 0.293 e. The van der Waals surface area contributed by atoms with Gasteiger partial charge in [0.25, 0.3) is 16.8 Å². The lowest BCUT2D eigenvalue weighted by Gasteiger charge is -2.46. The quantitative estimate of drug-likeness (QED) is 0.288. The van der Waals surface area contributed by atoms with Gasteiger partial charge in [-0.2, -0.15) is 0 Å². The molecule has 2 aliphatic heterocycles. The van der Waals surface area contributed by atoms with Crippen molar-refractivity contribution in [1.82, 2.24) is 4.90 Å². The van der Waals surface area contributed by atoms with Gasteiger partial charge in [0, 0.05) is 29.4 Å². The number of carbonyl (C=O) groups excluding carboxylic acids is 2. The Bertz CT molecular complexity index is 1260. The molecule has 8 heteroatoms. The fourth-order valence-corrected chi connectivity index (χ4v) is 5.68. The molecule has 2 heterocycles. The van der Waals surface area contributed by atoms with E-state index in [0.29, 0.717) is 16.5 Å². The fourth-order valence-electron chi connectivity index (χ4n) is 4.84. The average Bonchev–Trinajstić information content (AvgIpc) is 3.01. The lowest BCUT2D eigenvalue weighted by molar-refractivity contribution is -0.384. The highest BCUT2D eigenvalue weighted by Gasteiger charge is 2.36. The first-order chi connectivity index (χ1) is 16.0. The van der Waals surface area contributed by atoms with Crippen molar-refractivity contribution in [3.05, 3.63) is 80.3 Å². The first-order valence-electron chi connectivity index (χ1n) is 11.1. The van der Waals surface area contributed by atoms with E-state index in [9.17, 15) is 19.7 Å². The Labute approximate surface area is 203 Å². The van der Waals surface area contributed by atoms with Gasteiger partial charge in [0.15, 0.2) is 0 Å². The number of hydrogen-bond acceptors (Lipinski definition) is 6. The highest BCUT2D eigenvalue weighted by molar-refractivity contribution is 8.18. The van der Waals surface area contributed by atoms with Gasteiger partial charge in [-0.3, -0.25) is 24.6 Å². The predicted octanol–water partition coefficient (Wildman–Crippen LogP) is 6.24. The first kappa shape index (κ1) is 23.8. The van der Waals surface area contributed by atoms with Gasteiger partial charge in [0.1, 0.15) is 0 Å². The number of amides is 2. The van der Waals surface area contributed by atoms with Crippen molar-refractivity contribution in [2.75, 3.05) is 4.90 Å². The molecule has 176 valence electrons. The lowest BCUT2D eigenvalue weighted by Crippen LogP contribution is -2.49. The first-order valence-corrected chi connectivity index (χ1v) is 11.9. The van der Waals surface area contributed by atoms with E-state index >= 15 is 0 Å². The number of carbonyl (C=O) groups is 2. The number of non-ortho nitro benzene ring substituents is 1. The molecule has 4 rings (SSSR count). The summed E-state index contributed by atoms with van der Waals surface area (Å²) in [4.78, 5) is 39.9. The molecule has 0 spiro atoms. The van der Waals surface area contributed by atoms with E-state index in [1.165, 1.54) is 17.7 Å². The Morgan fingerprint density at radius 3 is 2.56 bits per heavy atom. The zero-order chi connectivity index (χ0) is 24.8. The van der Waals surface area contributed by atoms with Gasteiger partial charge in [-0.25, -0.2) is 0 Å². The summed E-state index contributed by atoms with van der Waals surface area (Å²) in [6, 6.07) is 12.4. The van der Waals surface area contributed by atoms with Crippen LogP contribution in [0.2, 0.25) is 0 Å². The van der Waals surface area contributed by atoms with E-state index < -0.39 is 10.8 Å². The van der Waals surface area contributed by atoms with Crippen molar-refractivity contribution in [3.63, 3.8) is 0 Å². The second-order valence-electron chi connectivity index (χ2n) is 9.42. The number of imide groups is 1. The Kier molecular flexibility index (Phi) is 6.12. The number of thioether (sulfide) groups is 1. The van der Waals surface area contributed by atoms with Crippen molar-refractivity contribution < 1.29 is 14.5 Å². The van der Waals surface area contributed by atoms with Crippen LogP contribution in [0.25, 0.3) is 11.6 Å². The van der Waals surface area contributed by atoms with Crippen molar-refractivity contribution >= 4 is 45.9 Å². The molecule has 34 heavy (non-hydrogen) atoms. The monoisotopic (exact) mass is 477 g/mol. The summed E-state index contributed by atoms with van der Waals surface area (Å²) >= 11 is 0.889. The zero-order valence-corrected chi connectivity index (χ0v) is 20.7. The molecule has 7 nitrogen and oxygen atoms in total. The standard InChI is InChI=1S/C26H27N3O4S/c1-16(2)28-22-10-9-18(12-21(22)17(3)14-26(28,4)5)13-23-24(30)27(25(31)34-23)15-19-7-6-8-20(11-19)29(32)33/h6-14,16H,15H2,1-5H3/b23-13-. The largest absolute Gasteiger partial charge is 0.360 e. The van der Waals surface area contributed by atoms with Crippen LogP contribution in [0.5, 0.6) is 0 Å². The Morgan fingerprint density at radius 2 is 1.88 bits per heavy atom. The zero-order valence-electron chi connectivity index (χ0n) is 19.9. The van der Waals surface area contributed by atoms with Gasteiger partial charge in [-0.05, 0) is 81.3 Å². The second-order valence-corrected chi connectivity index (χ2v) is 10.4. The summed E-state index contributed by atoms with van der Waals surface area (Å²) in [6.45, 7) is 10.8. The minimum Gasteiger partial charge on any atom is -0.360 e. The van der Waals surface area contributed by atoms with E-state index in [1.54, 1.807) is 18.2 Å². The van der Waals surface area contributed by atoms with Crippen molar-refractivity contribution in [2.45, 2.75) is 52.7 Å². The minimum absolute atomic E-state index is 0.00580. The summed E-state index contributed by atoms with van der Waals surface area (Å²) in [6.07, 6.45) is 4.00. The number of nitro groups is 1. The van der Waals surface area contributed by atoms with E-state index in [4.69, 9.17) is 0 Å². The number of fused-ring (bicyclic) bond motifs is 1. The number of benzene rings is 2. The van der Waals surface area contributed by atoms with E-state index in [1.807, 2.05) is 6.07 Å². The fraction of sp³-hybridized carbons (Fsp3) is 0.308. The van der Waals surface area contributed by atoms with Crippen molar-refractivity contribution in [1.29, 1.82) is 0 Å². The van der Waals surface area contributed by atoms with E-state index in [-0.39, 0.29) is 23.0 Å². The van der Waals surface area contributed by atoms with Crippen LogP contribution >= 0.6 is 11.8 Å². The van der Waals surface area contributed by atoms with E-state index in [0.717, 1.165) is 33.5 Å². The van der Waals surface area contributed by atoms with Crippen molar-refractivity contribution in [3.8, 4) is 0 Å². The van der Waals surface area contributed by atoms with Crippen LogP contribution in [0.1, 0.15) is 51.3 Å². The van der Waals surface area contributed by atoms with Crippen LogP contribution in [-0.2, 0) is 11.3 Å². The molecule has 0 unspecified atom stereocenters. The van der Waals surface area contributed by atoms with Gasteiger partial charge in [0.05, 0.1) is 21.9 Å². The number of nitro benzene ring substituents is 1. The normalized spacial score (nSPS) is 18.5. The van der Waals surface area contributed by atoms with Gasteiger partial charge in [-0.15, -0.1) is 0 Å². The molecule has 2 aromatic carbocycles. The predicted molar refractivity (Wildman–Crippen MR) is 136 cm³/mol. The summed E-state index contributed by atoms with van der Waals surface area (Å²) in [5.41, 5.74) is 4.62. The maximum Gasteiger partial charge on any atom is 0.293 e. The van der Waals surface area contributed by atoms with E-state index in [2.05, 4.69) is 57.7 Å². The number of nitrogens with zero attached hydrogens (tertiary/aromatic N) is 3. The number of anilines is 1. The molecule has 0 atom stereocenters. The third-order valence-corrected chi connectivity index (χ3v) is 6.95. The van der Waals surface area contributed by atoms with Crippen LogP contribution in [0, 0.1) is 10.1 Å². The molecule has 1 fully saturated rings. The summed E-state index contributed by atoms with van der Waals surface area (Å²) in [7, 11) is 0. The highest BCUT2D eigenvalue weighted by atomic mass is 32.2. The van der Waals surface area contributed by atoms with Gasteiger partial charge < -0.3 is 4.90 Å². The molecule has 2 aromatic rings. The van der Waals surface area contributed by atoms with Gasteiger partial charge >= 0.3 is 0 Å². The molecule has 0 radical (unpaired) electrons. The molecule has 1 saturated heterocycles. The van der Waals surface area contributed by atoms with Crippen LogP contribution in [0.15, 0.2) is 53.4 Å². The molecule has 0 saturated carbocycles. The van der Waals surface area contributed by atoms with Crippen LogP contribution in [-0.4, -0.2) is 32.6 Å². The summed E-state index contributed by atoms with van der Waals surface area (Å²) in [5.74, 6) is -0.392. The van der Waals surface area contributed by atoms with Crippen LogP contribution < -0.4 is 4.90 Å². The van der Waals surface area contributed by atoms with Gasteiger partial charge in [0.2, 0.25) is 0 Å². The lowest BCUT2D eigenvalue weighted by atomic mass is 9.87. The second kappa shape index (κ2) is 8.76. The average molecular weight is 478 g/mol. The molecule has 0 aromatic heterocycles. The maximum atomic E-state index is 13.0. The maximum absolute atomic E-state index is 13.0.